The zero-order valence-corrected chi connectivity index (χ0v) is 9.90. The molecule has 0 radical (unpaired) electrons. The number of nitrogens with one attached hydrogen (secondary N) is 1. The summed E-state index contributed by atoms with van der Waals surface area (Å²) in [4.78, 5) is 0. The van der Waals surface area contributed by atoms with Crippen LogP contribution in [-0.4, -0.2) is 13.1 Å². The summed E-state index contributed by atoms with van der Waals surface area (Å²) < 4.78 is 0. The Bertz CT molecular complexity index is 101. The summed E-state index contributed by atoms with van der Waals surface area (Å²) in [6, 6.07) is 0. The summed E-state index contributed by atoms with van der Waals surface area (Å²) in [5, 5.41) is 3.48. The first-order chi connectivity index (χ1) is 6.20. The van der Waals surface area contributed by atoms with E-state index in [0.717, 1.165) is 11.8 Å². The summed E-state index contributed by atoms with van der Waals surface area (Å²) in [6.45, 7) is 11.6. The van der Waals surface area contributed by atoms with Gasteiger partial charge in [-0.3, -0.25) is 0 Å². The van der Waals surface area contributed by atoms with Gasteiger partial charge in [0.05, 0.1) is 0 Å². The first kappa shape index (κ1) is 13.0. The van der Waals surface area contributed by atoms with E-state index in [1.165, 1.54) is 38.8 Å². The molecule has 13 heavy (non-hydrogen) atoms. The highest BCUT2D eigenvalue weighted by Gasteiger charge is 2.04. The highest BCUT2D eigenvalue weighted by molar-refractivity contribution is 4.59. The molecule has 0 fully saturated rings. The lowest BCUT2D eigenvalue weighted by Crippen LogP contribution is -2.22. The number of hydrogen-bond donors (Lipinski definition) is 1. The quantitative estimate of drug-likeness (QED) is 0.571. The van der Waals surface area contributed by atoms with Crippen LogP contribution < -0.4 is 5.32 Å². The van der Waals surface area contributed by atoms with Crippen molar-refractivity contribution in [2.45, 2.75) is 53.4 Å². The second-order valence-corrected chi connectivity index (χ2v) is 4.40. The molecule has 0 saturated carbocycles. The summed E-state index contributed by atoms with van der Waals surface area (Å²) in [7, 11) is 0. The van der Waals surface area contributed by atoms with Gasteiger partial charge in [0.1, 0.15) is 0 Å². The molecule has 0 aliphatic rings. The minimum absolute atomic E-state index is 0.848. The van der Waals surface area contributed by atoms with Gasteiger partial charge in [-0.25, -0.2) is 0 Å². The Hall–Kier alpha value is -0.0400. The van der Waals surface area contributed by atoms with Crippen molar-refractivity contribution < 1.29 is 0 Å². The molecule has 0 spiro atoms. The summed E-state index contributed by atoms with van der Waals surface area (Å²) in [6.07, 6.45) is 5.35. The fraction of sp³-hybridized carbons (Fsp3) is 1.00. The molecule has 0 aromatic rings. The van der Waals surface area contributed by atoms with Crippen molar-refractivity contribution in [1.29, 1.82) is 0 Å². The van der Waals surface area contributed by atoms with Gasteiger partial charge in [-0.1, -0.05) is 40.5 Å². The molecule has 1 heteroatoms. The molecular weight excluding hydrogens is 158 g/mol. The summed E-state index contributed by atoms with van der Waals surface area (Å²) in [5.41, 5.74) is 0. The van der Waals surface area contributed by atoms with Crippen molar-refractivity contribution in [3.63, 3.8) is 0 Å². The Morgan fingerprint density at radius 2 is 1.62 bits per heavy atom. The minimum Gasteiger partial charge on any atom is -0.316 e. The van der Waals surface area contributed by atoms with E-state index in [4.69, 9.17) is 0 Å². The van der Waals surface area contributed by atoms with E-state index in [2.05, 4.69) is 33.0 Å². The lowest BCUT2D eigenvalue weighted by molar-refractivity contribution is 0.406. The molecule has 0 amide bonds. The molecule has 2 atom stereocenters. The summed E-state index contributed by atoms with van der Waals surface area (Å²) in [5.74, 6) is 1.76. The summed E-state index contributed by atoms with van der Waals surface area (Å²) >= 11 is 0. The van der Waals surface area contributed by atoms with Crippen LogP contribution in [0.5, 0.6) is 0 Å². The van der Waals surface area contributed by atoms with Crippen molar-refractivity contribution in [3.05, 3.63) is 0 Å². The van der Waals surface area contributed by atoms with E-state index < -0.39 is 0 Å². The molecule has 0 aromatic carbocycles. The third kappa shape index (κ3) is 8.29. The molecule has 0 aliphatic carbocycles. The Balaban J connectivity index is 3.24. The number of hydrogen-bond acceptors (Lipinski definition) is 1. The van der Waals surface area contributed by atoms with Gasteiger partial charge in [0, 0.05) is 0 Å². The minimum atomic E-state index is 0.848. The van der Waals surface area contributed by atoms with E-state index in [-0.39, 0.29) is 0 Å². The van der Waals surface area contributed by atoms with Crippen LogP contribution in [0.2, 0.25) is 0 Å². The van der Waals surface area contributed by atoms with Crippen LogP contribution in [0.15, 0.2) is 0 Å². The molecule has 1 N–H and O–H groups in total. The Labute approximate surface area is 84.3 Å². The van der Waals surface area contributed by atoms with Gasteiger partial charge in [0.25, 0.3) is 0 Å². The van der Waals surface area contributed by atoms with E-state index >= 15 is 0 Å². The van der Waals surface area contributed by atoms with Gasteiger partial charge in [-0.15, -0.1) is 0 Å². The maximum Gasteiger partial charge on any atom is -0.00232 e. The largest absolute Gasteiger partial charge is 0.316 e. The first-order valence-corrected chi connectivity index (χ1v) is 5.91. The zero-order chi connectivity index (χ0) is 10.1. The lowest BCUT2D eigenvalue weighted by Gasteiger charge is -2.14. The average molecular weight is 185 g/mol. The normalized spacial score (nSPS) is 15.7. The van der Waals surface area contributed by atoms with E-state index in [0.29, 0.717) is 0 Å². The van der Waals surface area contributed by atoms with Gasteiger partial charge < -0.3 is 5.32 Å². The van der Waals surface area contributed by atoms with Crippen molar-refractivity contribution >= 4 is 0 Å². The number of rotatable bonds is 8. The third-order valence-corrected chi connectivity index (χ3v) is 2.77. The fourth-order valence-electron chi connectivity index (χ4n) is 1.40. The van der Waals surface area contributed by atoms with Crippen LogP contribution in [0, 0.1) is 11.8 Å². The molecular formula is C12H27N. The smallest absolute Gasteiger partial charge is 0.00232 e. The van der Waals surface area contributed by atoms with E-state index in [9.17, 15) is 0 Å². The molecule has 0 saturated heterocycles. The van der Waals surface area contributed by atoms with Crippen LogP contribution in [0.3, 0.4) is 0 Å². The van der Waals surface area contributed by atoms with Gasteiger partial charge in [0.15, 0.2) is 0 Å². The van der Waals surface area contributed by atoms with Crippen LogP contribution in [0.1, 0.15) is 53.4 Å². The highest BCUT2D eigenvalue weighted by atomic mass is 14.8. The Kier molecular flexibility index (Phi) is 8.53. The van der Waals surface area contributed by atoms with Crippen LogP contribution in [0.4, 0.5) is 0 Å². The molecule has 0 aliphatic heterocycles. The molecule has 2 unspecified atom stereocenters. The van der Waals surface area contributed by atoms with Gasteiger partial charge in [0.2, 0.25) is 0 Å². The standard InChI is InChI=1S/C12H27N/c1-5-9-13-10-12(4)8-7-11(3)6-2/h11-13H,5-10H2,1-4H3. The second kappa shape index (κ2) is 8.55. The molecule has 0 rings (SSSR count). The zero-order valence-electron chi connectivity index (χ0n) is 9.90. The van der Waals surface area contributed by atoms with Gasteiger partial charge in [-0.2, -0.15) is 0 Å². The Morgan fingerprint density at radius 3 is 2.15 bits per heavy atom. The maximum absolute atomic E-state index is 3.48. The lowest BCUT2D eigenvalue weighted by atomic mass is 9.96. The molecule has 80 valence electrons. The van der Waals surface area contributed by atoms with Crippen LogP contribution in [-0.2, 0) is 0 Å². The topological polar surface area (TPSA) is 12.0 Å². The molecule has 1 nitrogen and oxygen atoms in total. The van der Waals surface area contributed by atoms with Crippen LogP contribution >= 0.6 is 0 Å². The Morgan fingerprint density at radius 1 is 1.00 bits per heavy atom. The van der Waals surface area contributed by atoms with Gasteiger partial charge >= 0.3 is 0 Å². The van der Waals surface area contributed by atoms with E-state index in [1.807, 2.05) is 0 Å². The highest BCUT2D eigenvalue weighted by Crippen LogP contribution is 2.14. The molecule has 0 aromatic heterocycles. The van der Waals surface area contributed by atoms with Crippen molar-refractivity contribution in [2.24, 2.45) is 11.8 Å². The van der Waals surface area contributed by atoms with Crippen molar-refractivity contribution in [3.8, 4) is 0 Å². The van der Waals surface area contributed by atoms with Gasteiger partial charge in [-0.05, 0) is 37.8 Å². The monoisotopic (exact) mass is 185 g/mol. The average Bonchev–Trinajstić information content (AvgIpc) is 2.14. The third-order valence-electron chi connectivity index (χ3n) is 2.77. The fourth-order valence-corrected chi connectivity index (χ4v) is 1.40. The molecule has 0 bridgehead atoms. The van der Waals surface area contributed by atoms with Crippen molar-refractivity contribution in [2.75, 3.05) is 13.1 Å². The predicted molar refractivity (Wildman–Crippen MR) is 61.0 cm³/mol. The van der Waals surface area contributed by atoms with Crippen LogP contribution in [0.25, 0.3) is 0 Å². The van der Waals surface area contributed by atoms with Crippen molar-refractivity contribution in [1.82, 2.24) is 5.32 Å². The SMILES string of the molecule is CCCNCC(C)CCC(C)CC. The van der Waals surface area contributed by atoms with E-state index in [1.54, 1.807) is 0 Å². The first-order valence-electron chi connectivity index (χ1n) is 5.91. The maximum atomic E-state index is 3.48. The predicted octanol–water partition coefficient (Wildman–Crippen LogP) is 3.45. The second-order valence-electron chi connectivity index (χ2n) is 4.40. The molecule has 0 heterocycles.